The molecule has 0 bridgehead atoms. The highest BCUT2D eigenvalue weighted by atomic mass is 28.3. The molecule has 0 aromatic heterocycles. The fraction of sp³-hybridized carbons (Fsp3) is 0.857. The Morgan fingerprint density at radius 1 is 1.35 bits per heavy atom. The van der Waals surface area contributed by atoms with E-state index in [0.717, 1.165) is 0 Å². The smallest absolute Gasteiger partial charge is 0.260 e. The van der Waals surface area contributed by atoms with Crippen molar-refractivity contribution in [1.29, 1.82) is 0 Å². The minimum absolute atomic E-state index is 0.0531. The fourth-order valence-electron chi connectivity index (χ4n) is 2.05. The van der Waals surface area contributed by atoms with E-state index in [-0.39, 0.29) is 18.8 Å². The van der Waals surface area contributed by atoms with Crippen LogP contribution in [0.5, 0.6) is 0 Å². The minimum Gasteiger partial charge on any atom is -0.378 e. The van der Waals surface area contributed by atoms with Crippen LogP contribution in [0.3, 0.4) is 0 Å². The lowest BCUT2D eigenvalue weighted by Crippen LogP contribution is -2.59. The van der Waals surface area contributed by atoms with Crippen LogP contribution < -0.4 is 0 Å². The maximum absolute atomic E-state index is 10.7. The summed E-state index contributed by atoms with van der Waals surface area (Å²) in [6.45, 7) is 8.73. The molecule has 116 valence electrons. The summed E-state index contributed by atoms with van der Waals surface area (Å²) < 4.78 is 21.5. The Morgan fingerprint density at radius 2 is 2.00 bits per heavy atom. The molecule has 0 radical (unpaired) electrons. The first-order valence-corrected chi connectivity index (χ1v) is 10.3. The highest BCUT2D eigenvalue weighted by molar-refractivity contribution is 6.83. The van der Waals surface area contributed by atoms with Gasteiger partial charge in [0.1, 0.15) is 14.9 Å². The van der Waals surface area contributed by atoms with Crippen LogP contribution in [-0.2, 0) is 18.9 Å². The highest BCUT2D eigenvalue weighted by Crippen LogP contribution is 2.31. The van der Waals surface area contributed by atoms with Crippen LogP contribution in [0.2, 0.25) is 19.6 Å². The van der Waals surface area contributed by atoms with Gasteiger partial charge in [0.05, 0.1) is 12.7 Å². The van der Waals surface area contributed by atoms with Crippen LogP contribution >= 0.6 is 0 Å². The lowest BCUT2D eigenvalue weighted by atomic mass is 9.91. The number of ether oxygens (including phenoxy) is 4. The first kappa shape index (κ1) is 17.6. The van der Waals surface area contributed by atoms with Gasteiger partial charge in [-0.25, -0.2) is 0 Å². The summed E-state index contributed by atoms with van der Waals surface area (Å²) in [5.41, 5.74) is 3.14. The van der Waals surface area contributed by atoms with E-state index in [9.17, 15) is 5.11 Å². The maximum Gasteiger partial charge on any atom is 0.260 e. The second-order valence-corrected chi connectivity index (χ2v) is 10.9. The van der Waals surface area contributed by atoms with Gasteiger partial charge in [0.25, 0.3) is 5.79 Å². The number of methoxy groups -OCH3 is 2. The van der Waals surface area contributed by atoms with Crippen molar-refractivity contribution >= 4 is 8.07 Å². The van der Waals surface area contributed by atoms with Crippen LogP contribution in [0.25, 0.3) is 0 Å². The molecule has 1 heterocycles. The minimum atomic E-state index is -1.65. The fourth-order valence-corrected chi connectivity index (χ4v) is 2.60. The lowest BCUT2D eigenvalue weighted by Gasteiger charge is -2.43. The summed E-state index contributed by atoms with van der Waals surface area (Å²) in [4.78, 5) is 0. The quantitative estimate of drug-likeness (QED) is 0.481. The first-order valence-electron chi connectivity index (χ1n) is 6.77. The van der Waals surface area contributed by atoms with Crippen LogP contribution in [0, 0.1) is 17.4 Å². The molecule has 0 aromatic rings. The Kier molecular flexibility index (Phi) is 6.19. The lowest BCUT2D eigenvalue weighted by molar-refractivity contribution is -0.307. The predicted molar refractivity (Wildman–Crippen MR) is 78.7 cm³/mol. The molecule has 1 unspecified atom stereocenters. The molecular formula is C14H26O5Si. The first-order chi connectivity index (χ1) is 9.23. The Bertz CT molecular complexity index is 370. The van der Waals surface area contributed by atoms with E-state index in [0.29, 0.717) is 6.61 Å². The molecule has 5 nitrogen and oxygen atoms in total. The van der Waals surface area contributed by atoms with Crippen molar-refractivity contribution in [2.45, 2.75) is 44.6 Å². The zero-order valence-corrected chi connectivity index (χ0v) is 14.2. The highest BCUT2D eigenvalue weighted by Gasteiger charge is 2.49. The van der Waals surface area contributed by atoms with E-state index in [2.05, 4.69) is 31.1 Å². The van der Waals surface area contributed by atoms with Gasteiger partial charge in [-0.15, -0.1) is 5.54 Å². The van der Waals surface area contributed by atoms with Gasteiger partial charge in [0, 0.05) is 20.1 Å². The zero-order chi connectivity index (χ0) is 15.4. The number of hydrogen-bond donors (Lipinski definition) is 1. The summed E-state index contributed by atoms with van der Waals surface area (Å²) in [6.07, 6.45) is -0.986. The van der Waals surface area contributed by atoms with Crippen molar-refractivity contribution in [3.05, 3.63) is 0 Å². The molecule has 20 heavy (non-hydrogen) atoms. The molecule has 4 atom stereocenters. The Morgan fingerprint density at radius 3 is 2.50 bits per heavy atom. The summed E-state index contributed by atoms with van der Waals surface area (Å²) in [5, 5.41) is 10.7. The molecule has 1 rings (SSSR count). The normalized spacial score (nSPS) is 34.5. The molecular weight excluding hydrogens is 276 g/mol. The third kappa shape index (κ3) is 4.55. The summed E-state index contributed by atoms with van der Waals surface area (Å²) >= 11 is 0. The molecule has 0 spiro atoms. The van der Waals surface area contributed by atoms with Gasteiger partial charge in [0.15, 0.2) is 6.10 Å². The van der Waals surface area contributed by atoms with Crippen molar-refractivity contribution in [1.82, 2.24) is 0 Å². The van der Waals surface area contributed by atoms with E-state index < -0.39 is 20.0 Å². The van der Waals surface area contributed by atoms with Crippen molar-refractivity contribution in [2.24, 2.45) is 5.92 Å². The largest absolute Gasteiger partial charge is 0.378 e. The zero-order valence-electron chi connectivity index (χ0n) is 13.2. The van der Waals surface area contributed by atoms with E-state index in [1.807, 2.05) is 6.92 Å². The monoisotopic (exact) mass is 302 g/mol. The molecule has 0 saturated carbocycles. The van der Waals surface area contributed by atoms with Crippen LogP contribution in [0.15, 0.2) is 0 Å². The van der Waals surface area contributed by atoms with Crippen LogP contribution in [0.1, 0.15) is 6.92 Å². The molecule has 0 amide bonds. The Balaban J connectivity index is 3.02. The molecule has 1 saturated heterocycles. The molecule has 1 fully saturated rings. The van der Waals surface area contributed by atoms with Crippen molar-refractivity contribution in [3.8, 4) is 11.5 Å². The topological polar surface area (TPSA) is 57.2 Å². The average molecular weight is 302 g/mol. The predicted octanol–water partition coefficient (Wildman–Crippen LogP) is 1.23. The third-order valence-corrected chi connectivity index (χ3v) is 3.94. The molecule has 1 aliphatic rings. The van der Waals surface area contributed by atoms with Gasteiger partial charge in [-0.2, -0.15) is 0 Å². The standard InChI is InChI=1S/C14H26O5Si/c1-11-9-19-14(15,7-8-20(4,5)6)13(12(11)17-3)18-10-16-2/h11-13,15H,9-10H2,1-6H3/t11-,12-,13+,14?/m0/s1. The van der Waals surface area contributed by atoms with Gasteiger partial charge < -0.3 is 24.1 Å². The van der Waals surface area contributed by atoms with Crippen molar-refractivity contribution in [3.63, 3.8) is 0 Å². The second kappa shape index (κ2) is 7.03. The van der Waals surface area contributed by atoms with Gasteiger partial charge >= 0.3 is 0 Å². The van der Waals surface area contributed by atoms with Crippen LogP contribution in [0.4, 0.5) is 0 Å². The molecule has 1 N–H and O–H groups in total. The summed E-state index contributed by atoms with van der Waals surface area (Å²) in [7, 11) is 1.50. The SMILES string of the molecule is COCO[C@@H]1[C@@H](OC)[C@@H](C)COC1(O)C#C[Si](C)(C)C. The van der Waals surface area contributed by atoms with Gasteiger partial charge in [-0.05, 0) is 5.92 Å². The van der Waals surface area contributed by atoms with Crippen molar-refractivity contribution < 1.29 is 24.1 Å². The van der Waals surface area contributed by atoms with Gasteiger partial charge in [-0.1, -0.05) is 26.6 Å². The summed E-state index contributed by atoms with van der Waals surface area (Å²) in [5.74, 6) is 1.33. The van der Waals surface area contributed by atoms with Crippen molar-refractivity contribution in [2.75, 3.05) is 27.6 Å². The maximum atomic E-state index is 10.7. The summed E-state index contributed by atoms with van der Waals surface area (Å²) in [6, 6.07) is 0. The molecule has 1 aliphatic heterocycles. The molecule has 0 aromatic carbocycles. The van der Waals surface area contributed by atoms with Gasteiger partial charge in [-0.3, -0.25) is 0 Å². The van der Waals surface area contributed by atoms with Crippen LogP contribution in [-0.4, -0.2) is 58.8 Å². The van der Waals surface area contributed by atoms with E-state index in [1.165, 1.54) is 7.11 Å². The van der Waals surface area contributed by atoms with Gasteiger partial charge in [0.2, 0.25) is 0 Å². The molecule has 6 heteroatoms. The number of hydrogen-bond acceptors (Lipinski definition) is 5. The molecule has 0 aliphatic carbocycles. The van der Waals surface area contributed by atoms with E-state index in [1.54, 1.807) is 7.11 Å². The Labute approximate surface area is 122 Å². The average Bonchev–Trinajstić information content (AvgIpc) is 2.37. The Hall–Kier alpha value is -0.423. The second-order valence-electron chi connectivity index (χ2n) is 6.18. The van der Waals surface area contributed by atoms with E-state index >= 15 is 0 Å². The number of aliphatic hydroxyl groups is 1. The third-order valence-electron chi connectivity index (χ3n) is 3.07. The van der Waals surface area contributed by atoms with E-state index in [4.69, 9.17) is 18.9 Å². The number of rotatable bonds is 4.